The predicted molar refractivity (Wildman–Crippen MR) is 94.0 cm³/mol. The number of piperidine rings is 1. The third-order valence-electron chi connectivity index (χ3n) is 4.30. The molecule has 1 amide bonds. The van der Waals surface area contributed by atoms with Crippen molar-refractivity contribution in [3.63, 3.8) is 0 Å². The first-order valence-electron chi connectivity index (χ1n) is 8.38. The zero-order chi connectivity index (χ0) is 16.8. The van der Waals surface area contributed by atoms with Crippen molar-refractivity contribution in [1.82, 2.24) is 9.88 Å². The van der Waals surface area contributed by atoms with E-state index in [-0.39, 0.29) is 5.91 Å². The van der Waals surface area contributed by atoms with Crippen LogP contribution in [0.4, 0.5) is 5.69 Å². The summed E-state index contributed by atoms with van der Waals surface area (Å²) in [5, 5.41) is 3.33. The zero-order valence-corrected chi connectivity index (χ0v) is 13.9. The van der Waals surface area contributed by atoms with E-state index in [4.69, 9.17) is 4.74 Å². The van der Waals surface area contributed by atoms with Gasteiger partial charge in [0.1, 0.15) is 6.04 Å². The van der Waals surface area contributed by atoms with Gasteiger partial charge in [-0.25, -0.2) is 4.98 Å². The zero-order valence-electron chi connectivity index (χ0n) is 13.9. The number of rotatable bonds is 5. The number of ether oxygens (including phenoxy) is 1. The van der Waals surface area contributed by atoms with Crippen molar-refractivity contribution in [2.45, 2.75) is 25.3 Å². The van der Waals surface area contributed by atoms with Gasteiger partial charge in [-0.15, -0.1) is 0 Å². The summed E-state index contributed by atoms with van der Waals surface area (Å²) in [7, 11) is 1.59. The van der Waals surface area contributed by atoms with Crippen LogP contribution >= 0.6 is 0 Å². The number of hydrogen-bond acceptors (Lipinski definition) is 4. The smallest absolute Gasteiger partial charge is 0.249 e. The van der Waals surface area contributed by atoms with Crippen molar-refractivity contribution in [1.29, 1.82) is 0 Å². The fourth-order valence-electron chi connectivity index (χ4n) is 2.98. The molecule has 2 aromatic rings. The molecule has 0 spiro atoms. The van der Waals surface area contributed by atoms with Crippen LogP contribution in [0.2, 0.25) is 0 Å². The van der Waals surface area contributed by atoms with E-state index >= 15 is 0 Å². The van der Waals surface area contributed by atoms with E-state index in [0.717, 1.165) is 37.2 Å². The van der Waals surface area contributed by atoms with E-state index in [1.165, 1.54) is 6.42 Å². The quantitative estimate of drug-likeness (QED) is 0.917. The van der Waals surface area contributed by atoms with Crippen LogP contribution < -0.4 is 10.1 Å². The number of aromatic nitrogens is 1. The maximum atomic E-state index is 13.0. The summed E-state index contributed by atoms with van der Waals surface area (Å²) in [6.07, 6.45) is 5.06. The Kier molecular flexibility index (Phi) is 5.31. The fraction of sp³-hybridized carbons (Fsp3) is 0.368. The first-order chi connectivity index (χ1) is 11.8. The molecule has 0 saturated carbocycles. The second kappa shape index (κ2) is 7.81. The van der Waals surface area contributed by atoms with Gasteiger partial charge in [0.2, 0.25) is 11.8 Å². The summed E-state index contributed by atoms with van der Waals surface area (Å²) >= 11 is 0. The topological polar surface area (TPSA) is 54.5 Å². The molecule has 24 heavy (non-hydrogen) atoms. The largest absolute Gasteiger partial charge is 0.481 e. The van der Waals surface area contributed by atoms with Crippen molar-refractivity contribution >= 4 is 11.6 Å². The number of benzene rings is 1. The lowest BCUT2D eigenvalue weighted by Crippen LogP contribution is -2.41. The Labute approximate surface area is 142 Å². The minimum atomic E-state index is -0.403. The van der Waals surface area contributed by atoms with E-state index in [2.05, 4.69) is 10.3 Å². The fourth-order valence-corrected chi connectivity index (χ4v) is 2.98. The maximum absolute atomic E-state index is 13.0. The van der Waals surface area contributed by atoms with Gasteiger partial charge in [0.15, 0.2) is 0 Å². The lowest BCUT2D eigenvalue weighted by molar-refractivity contribution is -0.133. The summed E-state index contributed by atoms with van der Waals surface area (Å²) in [5.74, 6) is 0.677. The summed E-state index contributed by atoms with van der Waals surface area (Å²) in [6, 6.07) is 13.1. The molecule has 1 fully saturated rings. The molecule has 1 aromatic heterocycles. The average Bonchev–Trinajstić information content (AvgIpc) is 2.67. The van der Waals surface area contributed by atoms with Crippen molar-refractivity contribution in [3.8, 4) is 5.88 Å². The minimum Gasteiger partial charge on any atom is -0.481 e. The van der Waals surface area contributed by atoms with E-state index < -0.39 is 6.04 Å². The van der Waals surface area contributed by atoms with E-state index in [1.54, 1.807) is 19.4 Å². The van der Waals surface area contributed by atoms with Crippen molar-refractivity contribution in [2.24, 2.45) is 0 Å². The van der Waals surface area contributed by atoms with Gasteiger partial charge in [-0.1, -0.05) is 30.3 Å². The summed E-state index contributed by atoms with van der Waals surface area (Å²) in [6.45, 7) is 1.68. The molecule has 3 rings (SSSR count). The number of hydrogen-bond donors (Lipinski definition) is 1. The highest BCUT2D eigenvalue weighted by Crippen LogP contribution is 2.24. The summed E-state index contributed by atoms with van der Waals surface area (Å²) in [5.41, 5.74) is 1.76. The van der Waals surface area contributed by atoms with Gasteiger partial charge >= 0.3 is 0 Å². The number of amides is 1. The molecule has 5 nitrogen and oxygen atoms in total. The van der Waals surface area contributed by atoms with Crippen LogP contribution in [0.25, 0.3) is 0 Å². The number of likely N-dealkylation sites (tertiary alicyclic amines) is 1. The van der Waals surface area contributed by atoms with Gasteiger partial charge in [-0.2, -0.15) is 0 Å². The second-order valence-corrected chi connectivity index (χ2v) is 5.96. The number of pyridine rings is 1. The molecule has 126 valence electrons. The monoisotopic (exact) mass is 325 g/mol. The number of nitrogens with one attached hydrogen (secondary N) is 1. The molecule has 0 bridgehead atoms. The molecule has 1 atom stereocenters. The van der Waals surface area contributed by atoms with Crippen LogP contribution in [0.15, 0.2) is 48.7 Å². The van der Waals surface area contributed by atoms with Gasteiger partial charge in [0.25, 0.3) is 0 Å². The molecule has 1 aromatic carbocycles. The van der Waals surface area contributed by atoms with Gasteiger partial charge in [0, 0.05) is 19.2 Å². The molecular weight excluding hydrogens is 302 g/mol. The first-order valence-corrected chi connectivity index (χ1v) is 8.38. The third-order valence-corrected chi connectivity index (χ3v) is 4.30. The summed E-state index contributed by atoms with van der Waals surface area (Å²) in [4.78, 5) is 19.2. The van der Waals surface area contributed by atoms with Crippen LogP contribution in [0.5, 0.6) is 5.88 Å². The lowest BCUT2D eigenvalue weighted by Gasteiger charge is -2.31. The molecule has 0 unspecified atom stereocenters. The highest BCUT2D eigenvalue weighted by Gasteiger charge is 2.26. The predicted octanol–water partition coefficient (Wildman–Crippen LogP) is 3.26. The Bertz CT molecular complexity index is 652. The van der Waals surface area contributed by atoms with Crippen LogP contribution in [0.3, 0.4) is 0 Å². The van der Waals surface area contributed by atoms with Gasteiger partial charge in [0.05, 0.1) is 19.0 Å². The minimum absolute atomic E-state index is 0.122. The van der Waals surface area contributed by atoms with Crippen molar-refractivity contribution in [3.05, 3.63) is 54.2 Å². The van der Waals surface area contributed by atoms with Gasteiger partial charge in [-0.05, 0) is 30.9 Å². The van der Waals surface area contributed by atoms with E-state index in [9.17, 15) is 4.79 Å². The van der Waals surface area contributed by atoms with Crippen LogP contribution in [-0.4, -0.2) is 36.0 Å². The Hall–Kier alpha value is -2.56. The highest BCUT2D eigenvalue weighted by molar-refractivity contribution is 5.86. The van der Waals surface area contributed by atoms with E-state index in [1.807, 2.05) is 41.3 Å². The van der Waals surface area contributed by atoms with Gasteiger partial charge < -0.3 is 15.0 Å². The molecule has 0 radical (unpaired) electrons. The summed E-state index contributed by atoms with van der Waals surface area (Å²) < 4.78 is 5.09. The average molecular weight is 325 g/mol. The molecule has 5 heteroatoms. The first kappa shape index (κ1) is 16.3. The van der Waals surface area contributed by atoms with Crippen molar-refractivity contribution in [2.75, 3.05) is 25.5 Å². The standard InChI is InChI=1S/C19H23N3O2/c1-24-17-11-10-16(14-20-17)21-18(15-8-4-2-5-9-15)19(23)22-12-6-3-7-13-22/h2,4-5,8-11,14,18,21H,3,6-7,12-13H2,1H3/t18-/m0/s1. The normalized spacial score (nSPS) is 15.6. The van der Waals surface area contributed by atoms with Crippen LogP contribution in [-0.2, 0) is 4.79 Å². The van der Waals surface area contributed by atoms with Crippen LogP contribution in [0, 0.1) is 0 Å². The second-order valence-electron chi connectivity index (χ2n) is 5.96. The Morgan fingerprint density at radius 1 is 1.12 bits per heavy atom. The molecule has 0 aliphatic carbocycles. The van der Waals surface area contributed by atoms with Crippen LogP contribution in [0.1, 0.15) is 30.9 Å². The molecular formula is C19H23N3O2. The third kappa shape index (κ3) is 3.85. The Balaban J connectivity index is 1.82. The number of nitrogens with zero attached hydrogens (tertiary/aromatic N) is 2. The molecule has 1 aliphatic rings. The number of carbonyl (C=O) groups is 1. The SMILES string of the molecule is COc1ccc(N[C@H](C(=O)N2CCCCC2)c2ccccc2)cn1. The number of anilines is 1. The Morgan fingerprint density at radius 2 is 1.88 bits per heavy atom. The molecule has 1 saturated heterocycles. The van der Waals surface area contributed by atoms with E-state index in [0.29, 0.717) is 5.88 Å². The number of methoxy groups -OCH3 is 1. The van der Waals surface area contributed by atoms with Crippen molar-refractivity contribution < 1.29 is 9.53 Å². The maximum Gasteiger partial charge on any atom is 0.249 e. The highest BCUT2D eigenvalue weighted by atomic mass is 16.5. The van der Waals surface area contributed by atoms with Gasteiger partial charge in [-0.3, -0.25) is 4.79 Å². The Morgan fingerprint density at radius 3 is 2.50 bits per heavy atom. The molecule has 2 heterocycles. The molecule has 1 N–H and O–H groups in total. The molecule has 1 aliphatic heterocycles. The number of carbonyl (C=O) groups excluding carboxylic acids is 1. The lowest BCUT2D eigenvalue weighted by atomic mass is 10.0.